The minimum Gasteiger partial charge on any atom is -0.316 e. The van der Waals surface area contributed by atoms with E-state index < -0.39 is 0 Å². The van der Waals surface area contributed by atoms with Gasteiger partial charge in [0, 0.05) is 6.04 Å². The first-order valence-electron chi connectivity index (χ1n) is 6.77. The molecule has 0 amide bonds. The van der Waals surface area contributed by atoms with Gasteiger partial charge in [0.2, 0.25) is 0 Å². The summed E-state index contributed by atoms with van der Waals surface area (Å²) in [6.45, 7) is 8.05. The minimum atomic E-state index is 0.762. The highest BCUT2D eigenvalue weighted by Gasteiger charge is 2.13. The van der Waals surface area contributed by atoms with Crippen molar-refractivity contribution in [2.24, 2.45) is 5.92 Å². The monoisotopic (exact) mass is 212 g/mol. The quantitative estimate of drug-likeness (QED) is 0.634. The largest absolute Gasteiger partial charge is 0.316 e. The molecule has 0 aromatic rings. The van der Waals surface area contributed by atoms with Gasteiger partial charge < -0.3 is 10.6 Å². The molecule has 1 unspecified atom stereocenters. The number of hydrogen-bond donors (Lipinski definition) is 2. The Morgan fingerprint density at radius 3 is 2.53 bits per heavy atom. The molecule has 1 saturated carbocycles. The molecular weight excluding hydrogens is 184 g/mol. The van der Waals surface area contributed by atoms with Crippen LogP contribution in [0.5, 0.6) is 0 Å². The van der Waals surface area contributed by atoms with Gasteiger partial charge in [-0.2, -0.15) is 0 Å². The molecule has 2 heteroatoms. The van der Waals surface area contributed by atoms with Crippen LogP contribution in [0.1, 0.15) is 52.4 Å². The molecule has 2 N–H and O–H groups in total. The van der Waals surface area contributed by atoms with Gasteiger partial charge in [-0.15, -0.1) is 0 Å². The van der Waals surface area contributed by atoms with E-state index in [9.17, 15) is 0 Å². The molecule has 1 atom stereocenters. The van der Waals surface area contributed by atoms with Gasteiger partial charge in [0.05, 0.1) is 0 Å². The summed E-state index contributed by atoms with van der Waals surface area (Å²) in [7, 11) is 0. The Kier molecular flexibility index (Phi) is 7.03. The summed E-state index contributed by atoms with van der Waals surface area (Å²) < 4.78 is 0. The third-order valence-corrected chi connectivity index (χ3v) is 3.28. The maximum atomic E-state index is 3.71. The van der Waals surface area contributed by atoms with Crippen molar-refractivity contribution in [1.29, 1.82) is 0 Å². The predicted octanol–water partition coefficient (Wildman–Crippen LogP) is 2.54. The van der Waals surface area contributed by atoms with Gasteiger partial charge >= 0.3 is 0 Å². The van der Waals surface area contributed by atoms with E-state index in [-0.39, 0.29) is 0 Å². The predicted molar refractivity (Wildman–Crippen MR) is 67.2 cm³/mol. The van der Waals surface area contributed by atoms with Crippen LogP contribution in [0.25, 0.3) is 0 Å². The fourth-order valence-electron chi connectivity index (χ4n) is 2.27. The number of rotatable bonds is 7. The van der Waals surface area contributed by atoms with Crippen LogP contribution >= 0.6 is 0 Å². The van der Waals surface area contributed by atoms with Crippen LogP contribution in [-0.4, -0.2) is 25.7 Å². The lowest BCUT2D eigenvalue weighted by molar-refractivity contribution is 0.348. The summed E-state index contributed by atoms with van der Waals surface area (Å²) in [6, 6.07) is 0.812. The smallest absolute Gasteiger partial charge is 0.00671 e. The Hall–Kier alpha value is -0.0800. The van der Waals surface area contributed by atoms with Crippen molar-refractivity contribution in [2.45, 2.75) is 58.4 Å². The van der Waals surface area contributed by atoms with E-state index in [2.05, 4.69) is 24.5 Å². The van der Waals surface area contributed by atoms with Crippen LogP contribution in [0.2, 0.25) is 0 Å². The fourth-order valence-corrected chi connectivity index (χ4v) is 2.27. The SMILES string of the molecule is CCCNCC(C)CNC1CCCCC1. The number of nitrogens with one attached hydrogen (secondary N) is 2. The molecule has 0 heterocycles. The van der Waals surface area contributed by atoms with Gasteiger partial charge in [-0.3, -0.25) is 0 Å². The normalized spacial score (nSPS) is 20.4. The Morgan fingerprint density at radius 1 is 1.13 bits per heavy atom. The van der Waals surface area contributed by atoms with Crippen LogP contribution in [0.15, 0.2) is 0 Å². The third kappa shape index (κ3) is 6.16. The molecule has 15 heavy (non-hydrogen) atoms. The second-order valence-corrected chi connectivity index (χ2v) is 5.05. The van der Waals surface area contributed by atoms with Crippen molar-refractivity contribution in [2.75, 3.05) is 19.6 Å². The molecule has 1 rings (SSSR count). The lowest BCUT2D eigenvalue weighted by atomic mass is 9.95. The molecule has 1 aliphatic rings. The molecule has 0 bridgehead atoms. The molecule has 0 aliphatic heterocycles. The maximum absolute atomic E-state index is 3.71. The van der Waals surface area contributed by atoms with Crippen molar-refractivity contribution < 1.29 is 0 Å². The summed E-state index contributed by atoms with van der Waals surface area (Å²) in [5.41, 5.74) is 0. The molecular formula is C13H28N2. The Morgan fingerprint density at radius 2 is 1.87 bits per heavy atom. The van der Waals surface area contributed by atoms with Gasteiger partial charge in [0.25, 0.3) is 0 Å². The zero-order chi connectivity index (χ0) is 10.9. The second-order valence-electron chi connectivity index (χ2n) is 5.05. The highest BCUT2D eigenvalue weighted by molar-refractivity contribution is 4.73. The van der Waals surface area contributed by atoms with Crippen LogP contribution in [0, 0.1) is 5.92 Å². The average molecular weight is 212 g/mol. The summed E-state index contributed by atoms with van der Waals surface area (Å²) >= 11 is 0. The molecule has 90 valence electrons. The van der Waals surface area contributed by atoms with E-state index >= 15 is 0 Å². The molecule has 0 aromatic carbocycles. The average Bonchev–Trinajstić information content (AvgIpc) is 2.28. The van der Waals surface area contributed by atoms with Gasteiger partial charge in [0.1, 0.15) is 0 Å². The first-order chi connectivity index (χ1) is 7.33. The zero-order valence-corrected chi connectivity index (χ0v) is 10.5. The van der Waals surface area contributed by atoms with E-state index in [0.717, 1.165) is 25.0 Å². The maximum Gasteiger partial charge on any atom is 0.00671 e. The van der Waals surface area contributed by atoms with Crippen molar-refractivity contribution >= 4 is 0 Å². The third-order valence-electron chi connectivity index (χ3n) is 3.28. The standard InChI is InChI=1S/C13H28N2/c1-3-9-14-10-12(2)11-15-13-7-5-4-6-8-13/h12-15H,3-11H2,1-2H3. The van der Waals surface area contributed by atoms with E-state index in [4.69, 9.17) is 0 Å². The van der Waals surface area contributed by atoms with Crippen molar-refractivity contribution in [3.8, 4) is 0 Å². The molecule has 0 radical (unpaired) electrons. The lowest BCUT2D eigenvalue weighted by Crippen LogP contribution is -2.37. The van der Waals surface area contributed by atoms with Gasteiger partial charge in [-0.1, -0.05) is 33.1 Å². The molecule has 0 aromatic heterocycles. The topological polar surface area (TPSA) is 24.1 Å². The van der Waals surface area contributed by atoms with Crippen LogP contribution in [0.4, 0.5) is 0 Å². The number of hydrogen-bond acceptors (Lipinski definition) is 2. The van der Waals surface area contributed by atoms with Crippen molar-refractivity contribution in [3.05, 3.63) is 0 Å². The van der Waals surface area contributed by atoms with Gasteiger partial charge in [-0.05, 0) is 44.8 Å². The van der Waals surface area contributed by atoms with Gasteiger partial charge in [-0.25, -0.2) is 0 Å². The first-order valence-corrected chi connectivity index (χ1v) is 6.77. The van der Waals surface area contributed by atoms with Crippen molar-refractivity contribution in [3.63, 3.8) is 0 Å². The highest BCUT2D eigenvalue weighted by atomic mass is 14.9. The zero-order valence-electron chi connectivity index (χ0n) is 10.5. The van der Waals surface area contributed by atoms with Crippen molar-refractivity contribution in [1.82, 2.24) is 10.6 Å². The van der Waals surface area contributed by atoms with Crippen LogP contribution in [-0.2, 0) is 0 Å². The van der Waals surface area contributed by atoms with Gasteiger partial charge in [0.15, 0.2) is 0 Å². The summed E-state index contributed by atoms with van der Waals surface area (Å²) in [6.07, 6.45) is 8.35. The Labute approximate surface area is 95.2 Å². The highest BCUT2D eigenvalue weighted by Crippen LogP contribution is 2.17. The second kappa shape index (κ2) is 8.12. The lowest BCUT2D eigenvalue weighted by Gasteiger charge is -2.24. The van der Waals surface area contributed by atoms with E-state index in [1.807, 2.05) is 0 Å². The van der Waals surface area contributed by atoms with E-state index in [1.54, 1.807) is 0 Å². The molecule has 0 spiro atoms. The van der Waals surface area contributed by atoms with Crippen LogP contribution in [0.3, 0.4) is 0 Å². The summed E-state index contributed by atoms with van der Waals surface area (Å²) in [4.78, 5) is 0. The Balaban J connectivity index is 1.97. The minimum absolute atomic E-state index is 0.762. The van der Waals surface area contributed by atoms with Crippen LogP contribution < -0.4 is 10.6 Å². The summed E-state index contributed by atoms with van der Waals surface area (Å²) in [5.74, 6) is 0.762. The fraction of sp³-hybridized carbons (Fsp3) is 1.00. The van der Waals surface area contributed by atoms with E-state index in [0.29, 0.717) is 0 Å². The molecule has 0 saturated heterocycles. The summed E-state index contributed by atoms with van der Waals surface area (Å²) in [5, 5.41) is 7.19. The molecule has 1 aliphatic carbocycles. The first kappa shape index (κ1) is 13.0. The van der Waals surface area contributed by atoms with E-state index in [1.165, 1.54) is 45.1 Å². The molecule has 2 nitrogen and oxygen atoms in total. The Bertz CT molecular complexity index is 141. The molecule has 1 fully saturated rings.